The van der Waals surface area contributed by atoms with Crippen LogP contribution in [-0.2, 0) is 4.79 Å². The molecule has 0 saturated heterocycles. The highest BCUT2D eigenvalue weighted by Gasteiger charge is 2.36. The fraction of sp³-hybridized carbons (Fsp3) is 0.200. The van der Waals surface area contributed by atoms with Crippen LogP contribution in [0.5, 0.6) is 0 Å². The summed E-state index contributed by atoms with van der Waals surface area (Å²) in [7, 11) is 0. The second kappa shape index (κ2) is 6.00. The van der Waals surface area contributed by atoms with E-state index in [1.807, 2.05) is 13.8 Å². The number of benzene rings is 1. The molecule has 1 amide bonds. The largest absolute Gasteiger partial charge is 0.283 e. The summed E-state index contributed by atoms with van der Waals surface area (Å²) in [5.41, 5.74) is 0.421. The molecule has 3 rings (SSSR count). The number of nitro benzene ring substituents is 1. The lowest BCUT2D eigenvalue weighted by Crippen LogP contribution is -2.35. The Morgan fingerprint density at radius 1 is 1.42 bits per heavy atom. The number of nitro groups is 1. The van der Waals surface area contributed by atoms with Crippen LogP contribution in [0, 0.1) is 21.4 Å². The van der Waals surface area contributed by atoms with Crippen molar-refractivity contribution in [2.45, 2.75) is 13.8 Å². The maximum Gasteiger partial charge on any atom is 0.283 e. The van der Waals surface area contributed by atoms with Crippen LogP contribution >= 0.6 is 11.8 Å². The second-order valence-corrected chi connectivity index (χ2v) is 6.45. The van der Waals surface area contributed by atoms with E-state index in [0.29, 0.717) is 10.7 Å². The summed E-state index contributed by atoms with van der Waals surface area (Å²) in [5.74, 6) is -0.472. The number of thioether (sulfide) groups is 1. The Balaban J connectivity index is 1.98. The number of aliphatic imine (C=N–C) groups is 1. The molecule has 9 heteroatoms. The van der Waals surface area contributed by atoms with E-state index in [0.717, 1.165) is 5.04 Å². The van der Waals surface area contributed by atoms with E-state index in [2.05, 4.69) is 10.1 Å². The zero-order valence-electron chi connectivity index (χ0n) is 12.9. The molecule has 2 aliphatic rings. The minimum atomic E-state index is -0.550. The number of fused-ring (bicyclic) bond motifs is 1. The molecule has 0 aliphatic carbocycles. The molecule has 0 bridgehead atoms. The van der Waals surface area contributed by atoms with Gasteiger partial charge in [0.25, 0.3) is 11.6 Å². The fourth-order valence-corrected chi connectivity index (χ4v) is 3.03. The quantitative estimate of drug-likeness (QED) is 0.515. The average Bonchev–Trinajstić information content (AvgIpc) is 2.96. The molecule has 0 saturated carbocycles. The molecule has 2 aliphatic heterocycles. The van der Waals surface area contributed by atoms with E-state index in [-0.39, 0.29) is 23.0 Å². The van der Waals surface area contributed by atoms with E-state index < -0.39 is 10.8 Å². The molecule has 0 spiro atoms. The molecule has 0 unspecified atom stereocenters. The first-order valence-electron chi connectivity index (χ1n) is 7.11. The van der Waals surface area contributed by atoms with Gasteiger partial charge in [-0.05, 0) is 23.4 Å². The third-order valence-electron chi connectivity index (χ3n) is 3.36. The molecular weight excluding hydrogens is 330 g/mol. The normalized spacial score (nSPS) is 18.8. The number of hydrogen-bond acceptors (Lipinski definition) is 6. The van der Waals surface area contributed by atoms with Crippen molar-refractivity contribution in [3.05, 3.63) is 45.5 Å². The number of carbonyl (C=O) groups is 1. The monoisotopic (exact) mass is 343 g/mol. The molecule has 24 heavy (non-hydrogen) atoms. The summed E-state index contributed by atoms with van der Waals surface area (Å²) in [6, 6.07) is 5.86. The maximum absolute atomic E-state index is 12.2. The van der Waals surface area contributed by atoms with Crippen molar-refractivity contribution < 1.29 is 9.72 Å². The number of hydrogen-bond donors (Lipinski definition) is 1. The smallest absolute Gasteiger partial charge is 0.282 e. The van der Waals surface area contributed by atoms with Gasteiger partial charge in [0.15, 0.2) is 5.84 Å². The average molecular weight is 343 g/mol. The molecule has 8 nitrogen and oxygen atoms in total. The standard InChI is InChI=1S/C15H13N5O3S/c1-8(2)14-18-19-12(16)11(13(21)17-15(19)24-14)7-9-4-3-5-10(6-9)20(22)23/h3-8,16H,1-2H3/b11-7-,16-12?. The first-order chi connectivity index (χ1) is 11.4. The van der Waals surface area contributed by atoms with Crippen LogP contribution < -0.4 is 0 Å². The summed E-state index contributed by atoms with van der Waals surface area (Å²) in [5, 5.41) is 25.9. The van der Waals surface area contributed by atoms with Crippen LogP contribution in [0.3, 0.4) is 0 Å². The summed E-state index contributed by atoms with van der Waals surface area (Å²) in [6.45, 7) is 3.94. The Labute approximate surface area is 141 Å². The fourth-order valence-electron chi connectivity index (χ4n) is 2.14. The van der Waals surface area contributed by atoms with Crippen LogP contribution in [0.15, 0.2) is 39.9 Å². The highest BCUT2D eigenvalue weighted by molar-refractivity contribution is 8.27. The summed E-state index contributed by atoms with van der Waals surface area (Å²) in [6.07, 6.45) is 1.42. The van der Waals surface area contributed by atoms with Gasteiger partial charge in [-0.2, -0.15) is 15.1 Å². The van der Waals surface area contributed by atoms with Crippen molar-refractivity contribution in [3.63, 3.8) is 0 Å². The number of amides is 1. The SMILES string of the molecule is CC(C)C1=NN2C(=N)/C(=C/c3cccc([N+](=O)[O-])c3)C(=O)N=C2S1. The van der Waals surface area contributed by atoms with Crippen molar-refractivity contribution in [1.29, 1.82) is 5.41 Å². The number of rotatable bonds is 3. The number of hydrazone groups is 1. The van der Waals surface area contributed by atoms with Gasteiger partial charge in [-0.15, -0.1) is 0 Å². The number of nitrogens with zero attached hydrogens (tertiary/aromatic N) is 4. The Kier molecular flexibility index (Phi) is 4.02. The number of amidine groups is 2. The zero-order valence-corrected chi connectivity index (χ0v) is 13.7. The predicted octanol–water partition coefficient (Wildman–Crippen LogP) is 2.87. The highest BCUT2D eigenvalue weighted by atomic mass is 32.2. The third kappa shape index (κ3) is 2.85. The number of carbonyl (C=O) groups excluding carboxylic acids is 1. The molecule has 1 N–H and O–H groups in total. The van der Waals surface area contributed by atoms with Crippen molar-refractivity contribution in [1.82, 2.24) is 5.01 Å². The molecule has 2 heterocycles. The number of non-ortho nitro benzene ring substituents is 1. The van der Waals surface area contributed by atoms with Crippen LogP contribution in [0.1, 0.15) is 19.4 Å². The van der Waals surface area contributed by atoms with Crippen LogP contribution in [0.25, 0.3) is 6.08 Å². The van der Waals surface area contributed by atoms with E-state index in [9.17, 15) is 14.9 Å². The molecule has 0 aromatic heterocycles. The van der Waals surface area contributed by atoms with Crippen molar-refractivity contribution >= 4 is 45.5 Å². The minimum Gasteiger partial charge on any atom is -0.282 e. The van der Waals surface area contributed by atoms with Crippen molar-refractivity contribution in [2.75, 3.05) is 0 Å². The summed E-state index contributed by atoms with van der Waals surface area (Å²) >= 11 is 1.27. The van der Waals surface area contributed by atoms with Gasteiger partial charge in [0.2, 0.25) is 5.17 Å². The topological polar surface area (TPSA) is 112 Å². The van der Waals surface area contributed by atoms with E-state index in [4.69, 9.17) is 5.41 Å². The Bertz CT molecular complexity index is 856. The maximum atomic E-state index is 12.2. The van der Waals surface area contributed by atoms with Gasteiger partial charge in [0, 0.05) is 18.1 Å². The van der Waals surface area contributed by atoms with E-state index in [1.54, 1.807) is 6.07 Å². The predicted molar refractivity (Wildman–Crippen MR) is 92.9 cm³/mol. The molecule has 1 aromatic rings. The molecular formula is C15H13N5O3S. The van der Waals surface area contributed by atoms with Gasteiger partial charge in [0.05, 0.1) is 10.5 Å². The Morgan fingerprint density at radius 3 is 2.83 bits per heavy atom. The summed E-state index contributed by atoms with van der Waals surface area (Å²) < 4.78 is 0. The second-order valence-electron chi connectivity index (χ2n) is 5.47. The first-order valence-corrected chi connectivity index (χ1v) is 7.93. The molecule has 122 valence electrons. The Hall–Kier alpha value is -2.81. The van der Waals surface area contributed by atoms with Crippen molar-refractivity contribution in [2.24, 2.45) is 16.0 Å². The Morgan fingerprint density at radius 2 is 2.17 bits per heavy atom. The lowest BCUT2D eigenvalue weighted by atomic mass is 10.1. The van der Waals surface area contributed by atoms with Gasteiger partial charge >= 0.3 is 0 Å². The van der Waals surface area contributed by atoms with Gasteiger partial charge in [-0.3, -0.25) is 20.3 Å². The lowest BCUT2D eigenvalue weighted by molar-refractivity contribution is -0.384. The minimum absolute atomic E-state index is 0.0496. The van der Waals surface area contributed by atoms with E-state index in [1.165, 1.54) is 41.0 Å². The molecule has 0 fully saturated rings. The van der Waals surface area contributed by atoms with Crippen LogP contribution in [0.2, 0.25) is 0 Å². The molecule has 1 aromatic carbocycles. The molecule has 0 atom stereocenters. The zero-order chi connectivity index (χ0) is 17.4. The van der Waals surface area contributed by atoms with Gasteiger partial charge in [-0.25, -0.2) is 0 Å². The number of nitrogens with one attached hydrogen (secondary N) is 1. The van der Waals surface area contributed by atoms with Crippen LogP contribution in [-0.4, -0.2) is 31.9 Å². The summed E-state index contributed by atoms with van der Waals surface area (Å²) in [4.78, 5) is 26.5. The van der Waals surface area contributed by atoms with Gasteiger partial charge in [-0.1, -0.05) is 26.0 Å². The lowest BCUT2D eigenvalue weighted by Gasteiger charge is -2.20. The van der Waals surface area contributed by atoms with Crippen molar-refractivity contribution in [3.8, 4) is 0 Å². The highest BCUT2D eigenvalue weighted by Crippen LogP contribution is 2.30. The molecule has 0 radical (unpaired) electrons. The van der Waals surface area contributed by atoms with E-state index >= 15 is 0 Å². The van der Waals surface area contributed by atoms with Crippen LogP contribution in [0.4, 0.5) is 5.69 Å². The van der Waals surface area contributed by atoms with Gasteiger partial charge in [0.1, 0.15) is 5.04 Å². The first kappa shape index (κ1) is 16.1. The third-order valence-corrected chi connectivity index (χ3v) is 4.57. The van der Waals surface area contributed by atoms with Gasteiger partial charge < -0.3 is 0 Å².